The van der Waals surface area contributed by atoms with E-state index >= 15 is 0 Å². The van der Waals surface area contributed by atoms with E-state index in [2.05, 4.69) is 5.10 Å². The molecule has 4 nitrogen and oxygen atoms in total. The molecule has 0 saturated heterocycles. The number of ether oxygens (including phenoxy) is 1. The fourth-order valence-electron chi connectivity index (χ4n) is 1.26. The number of aryl methyl sites for hydroxylation is 2. The third-order valence-corrected chi connectivity index (χ3v) is 1.88. The SMILES string of the molecule is Cc1nn2c(c1N)OCCC2. The molecule has 2 N–H and O–H groups in total. The highest BCUT2D eigenvalue weighted by molar-refractivity contribution is 5.52. The van der Waals surface area contributed by atoms with Crippen molar-refractivity contribution in [2.45, 2.75) is 19.9 Å². The molecule has 0 spiro atoms. The summed E-state index contributed by atoms with van der Waals surface area (Å²) in [6.07, 6.45) is 1.02. The maximum atomic E-state index is 5.72. The molecule has 1 aliphatic heterocycles. The third-order valence-electron chi connectivity index (χ3n) is 1.88. The molecule has 0 amide bonds. The molecule has 0 aliphatic carbocycles. The van der Waals surface area contributed by atoms with E-state index in [0.717, 1.165) is 31.1 Å². The fourth-order valence-corrected chi connectivity index (χ4v) is 1.26. The zero-order valence-corrected chi connectivity index (χ0v) is 6.50. The van der Waals surface area contributed by atoms with Crippen molar-refractivity contribution in [2.75, 3.05) is 12.3 Å². The molecule has 11 heavy (non-hydrogen) atoms. The Bertz CT molecular complexity index is 279. The summed E-state index contributed by atoms with van der Waals surface area (Å²) in [6, 6.07) is 0. The minimum Gasteiger partial charge on any atom is -0.476 e. The summed E-state index contributed by atoms with van der Waals surface area (Å²) in [6.45, 7) is 3.58. The summed E-state index contributed by atoms with van der Waals surface area (Å²) in [7, 11) is 0. The van der Waals surface area contributed by atoms with Gasteiger partial charge in [-0.3, -0.25) is 0 Å². The highest BCUT2D eigenvalue weighted by Gasteiger charge is 2.16. The van der Waals surface area contributed by atoms with Crippen molar-refractivity contribution in [3.63, 3.8) is 0 Å². The lowest BCUT2D eigenvalue weighted by Gasteiger charge is -2.14. The molecule has 0 saturated carbocycles. The fraction of sp³-hybridized carbons (Fsp3) is 0.571. The Kier molecular flexibility index (Phi) is 1.27. The number of nitrogens with zero attached hydrogens (tertiary/aromatic N) is 2. The first kappa shape index (κ1) is 6.52. The van der Waals surface area contributed by atoms with Crippen LogP contribution < -0.4 is 10.5 Å². The summed E-state index contributed by atoms with van der Waals surface area (Å²) >= 11 is 0. The van der Waals surface area contributed by atoms with Gasteiger partial charge >= 0.3 is 0 Å². The van der Waals surface area contributed by atoms with E-state index in [1.165, 1.54) is 0 Å². The van der Waals surface area contributed by atoms with E-state index in [4.69, 9.17) is 10.5 Å². The van der Waals surface area contributed by atoms with Crippen LogP contribution in [0.5, 0.6) is 5.88 Å². The van der Waals surface area contributed by atoms with Crippen molar-refractivity contribution in [1.29, 1.82) is 0 Å². The monoisotopic (exact) mass is 153 g/mol. The predicted molar refractivity (Wildman–Crippen MR) is 41.5 cm³/mol. The van der Waals surface area contributed by atoms with Crippen LogP contribution in [0.4, 0.5) is 5.69 Å². The number of nitrogens with two attached hydrogens (primary N) is 1. The standard InChI is InChI=1S/C7H11N3O/c1-5-6(8)7-10(9-5)3-2-4-11-7/h2-4,8H2,1H3. The maximum absolute atomic E-state index is 5.72. The Morgan fingerprint density at radius 2 is 2.45 bits per heavy atom. The lowest BCUT2D eigenvalue weighted by molar-refractivity contribution is 0.232. The number of nitrogen functional groups attached to an aromatic ring is 1. The zero-order valence-electron chi connectivity index (χ0n) is 6.50. The van der Waals surface area contributed by atoms with Crippen LogP contribution in [0, 0.1) is 6.92 Å². The van der Waals surface area contributed by atoms with Crippen LogP contribution in [0.3, 0.4) is 0 Å². The second kappa shape index (κ2) is 2.15. The lowest BCUT2D eigenvalue weighted by atomic mass is 10.4. The first-order valence-corrected chi connectivity index (χ1v) is 3.74. The number of rotatable bonds is 0. The van der Waals surface area contributed by atoms with E-state index in [9.17, 15) is 0 Å². The number of fused-ring (bicyclic) bond motifs is 1. The van der Waals surface area contributed by atoms with Crippen LogP contribution in [0.2, 0.25) is 0 Å². The van der Waals surface area contributed by atoms with Crippen LogP contribution in [0.25, 0.3) is 0 Å². The Morgan fingerprint density at radius 1 is 1.64 bits per heavy atom. The van der Waals surface area contributed by atoms with Gasteiger partial charge in [0.15, 0.2) is 0 Å². The summed E-state index contributed by atoms with van der Waals surface area (Å²) in [5.41, 5.74) is 7.26. The molecule has 0 bridgehead atoms. The molecule has 0 aromatic carbocycles. The van der Waals surface area contributed by atoms with Gasteiger partial charge in [0.25, 0.3) is 0 Å². The molecule has 2 rings (SSSR count). The van der Waals surface area contributed by atoms with Gasteiger partial charge in [-0.15, -0.1) is 0 Å². The van der Waals surface area contributed by atoms with Crippen LogP contribution in [-0.2, 0) is 6.54 Å². The van der Waals surface area contributed by atoms with Crippen molar-refractivity contribution in [2.24, 2.45) is 0 Å². The third kappa shape index (κ3) is 0.859. The van der Waals surface area contributed by atoms with Crippen LogP contribution in [0.1, 0.15) is 12.1 Å². The highest BCUT2D eigenvalue weighted by Crippen LogP contribution is 2.27. The van der Waals surface area contributed by atoms with E-state index in [1.807, 2.05) is 11.6 Å². The van der Waals surface area contributed by atoms with Crippen molar-refractivity contribution in [3.05, 3.63) is 5.69 Å². The van der Waals surface area contributed by atoms with E-state index < -0.39 is 0 Å². The molecule has 60 valence electrons. The summed E-state index contributed by atoms with van der Waals surface area (Å²) < 4.78 is 7.18. The number of hydrogen-bond acceptors (Lipinski definition) is 3. The van der Waals surface area contributed by atoms with Gasteiger partial charge < -0.3 is 10.5 Å². The van der Waals surface area contributed by atoms with Gasteiger partial charge in [0.2, 0.25) is 5.88 Å². The van der Waals surface area contributed by atoms with E-state index in [1.54, 1.807) is 0 Å². The van der Waals surface area contributed by atoms with E-state index in [0.29, 0.717) is 5.69 Å². The zero-order chi connectivity index (χ0) is 7.84. The predicted octanol–water partition coefficient (Wildman–Crippen LogP) is 0.556. The van der Waals surface area contributed by atoms with Gasteiger partial charge in [0.05, 0.1) is 12.3 Å². The molecule has 0 fully saturated rings. The first-order valence-electron chi connectivity index (χ1n) is 3.74. The highest BCUT2D eigenvalue weighted by atomic mass is 16.5. The molecule has 0 unspecified atom stereocenters. The largest absolute Gasteiger partial charge is 0.476 e. The molecule has 1 aromatic heterocycles. The van der Waals surface area contributed by atoms with Crippen molar-refractivity contribution < 1.29 is 4.74 Å². The van der Waals surface area contributed by atoms with Gasteiger partial charge in [0, 0.05) is 13.0 Å². The van der Waals surface area contributed by atoms with Crippen molar-refractivity contribution in [3.8, 4) is 5.88 Å². The lowest BCUT2D eigenvalue weighted by Crippen LogP contribution is -2.15. The molecule has 2 heterocycles. The van der Waals surface area contributed by atoms with Crippen molar-refractivity contribution >= 4 is 5.69 Å². The molecule has 0 atom stereocenters. The van der Waals surface area contributed by atoms with Gasteiger partial charge in [0.1, 0.15) is 5.69 Å². The Hall–Kier alpha value is -1.19. The van der Waals surface area contributed by atoms with Crippen LogP contribution in [-0.4, -0.2) is 16.4 Å². The second-order valence-corrected chi connectivity index (χ2v) is 2.73. The Balaban J connectivity index is 2.50. The molecular formula is C7H11N3O. The Labute approximate surface area is 64.9 Å². The number of hydrogen-bond donors (Lipinski definition) is 1. The molecule has 1 aliphatic rings. The van der Waals surface area contributed by atoms with E-state index in [-0.39, 0.29) is 0 Å². The van der Waals surface area contributed by atoms with Crippen LogP contribution in [0.15, 0.2) is 0 Å². The topological polar surface area (TPSA) is 53.1 Å². The Morgan fingerprint density at radius 3 is 3.18 bits per heavy atom. The van der Waals surface area contributed by atoms with Gasteiger partial charge in [-0.05, 0) is 6.92 Å². The number of aromatic nitrogens is 2. The van der Waals surface area contributed by atoms with Gasteiger partial charge in [-0.2, -0.15) is 5.10 Å². The second-order valence-electron chi connectivity index (χ2n) is 2.73. The first-order chi connectivity index (χ1) is 5.29. The summed E-state index contributed by atoms with van der Waals surface area (Å²) in [5, 5.41) is 4.22. The van der Waals surface area contributed by atoms with Gasteiger partial charge in [-0.25, -0.2) is 4.68 Å². The number of anilines is 1. The maximum Gasteiger partial charge on any atom is 0.236 e. The molecule has 4 heteroatoms. The van der Waals surface area contributed by atoms with Crippen LogP contribution >= 0.6 is 0 Å². The summed E-state index contributed by atoms with van der Waals surface area (Å²) in [4.78, 5) is 0. The minimum atomic E-state index is 0.685. The van der Waals surface area contributed by atoms with Crippen molar-refractivity contribution in [1.82, 2.24) is 9.78 Å². The minimum absolute atomic E-state index is 0.685. The average molecular weight is 153 g/mol. The quantitative estimate of drug-likeness (QED) is 0.592. The van der Waals surface area contributed by atoms with Gasteiger partial charge in [-0.1, -0.05) is 0 Å². The smallest absolute Gasteiger partial charge is 0.236 e. The molecule has 0 radical (unpaired) electrons. The normalized spacial score (nSPS) is 15.7. The molecule has 1 aromatic rings. The average Bonchev–Trinajstić information content (AvgIpc) is 2.30. The summed E-state index contributed by atoms with van der Waals surface area (Å²) in [5.74, 6) is 0.744. The molecular weight excluding hydrogens is 142 g/mol.